The third-order valence-corrected chi connectivity index (χ3v) is 8.39. The van der Waals surface area contributed by atoms with Crippen LogP contribution in [0.5, 0.6) is 0 Å². The van der Waals surface area contributed by atoms with Gasteiger partial charge in [0.25, 0.3) is 0 Å². The molecule has 2 heterocycles. The van der Waals surface area contributed by atoms with Crippen molar-refractivity contribution in [1.29, 1.82) is 0 Å². The number of dihydropyridines is 1. The molecular formula is C41H34N2. The Balaban J connectivity index is 1.22. The second-order valence-corrected chi connectivity index (χ2v) is 11.2. The summed E-state index contributed by atoms with van der Waals surface area (Å²) in [4.78, 5) is 2.24. The number of allylic oxidation sites excluding steroid dienone is 4. The van der Waals surface area contributed by atoms with E-state index in [-0.39, 0.29) is 12.1 Å². The average Bonchev–Trinajstić information content (AvgIpc) is 3.09. The lowest BCUT2D eigenvalue weighted by atomic mass is 9.91. The van der Waals surface area contributed by atoms with Crippen LogP contribution in [0.2, 0.25) is 0 Å². The third-order valence-electron chi connectivity index (χ3n) is 8.39. The molecule has 43 heavy (non-hydrogen) atoms. The fourth-order valence-electron chi connectivity index (χ4n) is 5.95. The van der Waals surface area contributed by atoms with Crippen molar-refractivity contribution in [3.05, 3.63) is 192 Å². The van der Waals surface area contributed by atoms with Crippen molar-refractivity contribution in [2.45, 2.75) is 12.1 Å². The zero-order valence-corrected chi connectivity index (χ0v) is 24.3. The monoisotopic (exact) mass is 554 g/mol. The minimum atomic E-state index is 0.0474. The first-order chi connectivity index (χ1) is 21.2. The molecule has 2 heteroatoms. The highest BCUT2D eigenvalue weighted by molar-refractivity contribution is 5.87. The maximum absolute atomic E-state index is 3.84. The summed E-state index contributed by atoms with van der Waals surface area (Å²) in [5, 5.41) is 3.84. The molecule has 2 unspecified atom stereocenters. The standard InChI is InChI=1S/C41H34N2/c1-43-27-9-8-14-41(43)37-25-23-36(24-26-37)40-29-38(34-17-15-32(16-18-34)30-10-4-2-5-11-30)28-39(42-40)35-21-19-33(20-22-35)31-12-6-3-7-13-31/h2-29,40-42H,1H3. The van der Waals surface area contributed by atoms with Gasteiger partial charge in [-0.1, -0.05) is 146 Å². The maximum atomic E-state index is 3.84. The van der Waals surface area contributed by atoms with Gasteiger partial charge in [-0.25, -0.2) is 0 Å². The van der Waals surface area contributed by atoms with Crippen LogP contribution in [0.15, 0.2) is 170 Å². The molecule has 0 saturated carbocycles. The van der Waals surface area contributed by atoms with Crippen molar-refractivity contribution in [3.8, 4) is 22.3 Å². The van der Waals surface area contributed by atoms with Crippen molar-refractivity contribution in [2.75, 3.05) is 7.05 Å². The Bertz CT molecular complexity index is 1810. The van der Waals surface area contributed by atoms with E-state index >= 15 is 0 Å². The van der Waals surface area contributed by atoms with Gasteiger partial charge in [-0.2, -0.15) is 0 Å². The maximum Gasteiger partial charge on any atom is 0.0720 e. The van der Waals surface area contributed by atoms with Gasteiger partial charge in [0.1, 0.15) is 0 Å². The van der Waals surface area contributed by atoms with Crippen molar-refractivity contribution < 1.29 is 0 Å². The van der Waals surface area contributed by atoms with Gasteiger partial charge in [-0.15, -0.1) is 0 Å². The predicted molar refractivity (Wildman–Crippen MR) is 181 cm³/mol. The number of nitrogens with one attached hydrogen (secondary N) is 1. The molecule has 2 aliphatic rings. The molecule has 208 valence electrons. The normalized spacial score (nSPS) is 17.7. The summed E-state index contributed by atoms with van der Waals surface area (Å²) in [5.74, 6) is 0. The van der Waals surface area contributed by atoms with Crippen molar-refractivity contribution >= 4 is 11.3 Å². The van der Waals surface area contributed by atoms with E-state index in [0.29, 0.717) is 0 Å². The summed E-state index contributed by atoms with van der Waals surface area (Å²) in [7, 11) is 2.12. The lowest BCUT2D eigenvalue weighted by molar-refractivity contribution is 0.390. The SMILES string of the molecule is CN1C=CC=CC1c1ccc(C2C=C(c3ccc(-c4ccccc4)cc3)C=C(c3ccc(-c4ccccc4)cc3)N2)cc1. The van der Waals surface area contributed by atoms with Crippen LogP contribution in [0.25, 0.3) is 33.5 Å². The molecule has 2 atom stereocenters. The lowest BCUT2D eigenvalue weighted by Gasteiger charge is -2.28. The van der Waals surface area contributed by atoms with Crippen LogP contribution in [0.4, 0.5) is 0 Å². The van der Waals surface area contributed by atoms with Crippen LogP contribution < -0.4 is 5.32 Å². The molecule has 0 aromatic heterocycles. The van der Waals surface area contributed by atoms with Gasteiger partial charge in [0, 0.05) is 12.7 Å². The fourth-order valence-corrected chi connectivity index (χ4v) is 5.95. The van der Waals surface area contributed by atoms with Crippen molar-refractivity contribution in [3.63, 3.8) is 0 Å². The van der Waals surface area contributed by atoms with Gasteiger partial charge in [0.15, 0.2) is 0 Å². The Morgan fingerprint density at radius 2 is 1.02 bits per heavy atom. The highest BCUT2D eigenvalue weighted by Gasteiger charge is 2.20. The van der Waals surface area contributed by atoms with E-state index in [1.807, 2.05) is 0 Å². The first-order valence-corrected chi connectivity index (χ1v) is 14.9. The molecule has 0 saturated heterocycles. The summed E-state index contributed by atoms with van der Waals surface area (Å²) >= 11 is 0. The minimum absolute atomic E-state index is 0.0474. The van der Waals surface area contributed by atoms with Crippen LogP contribution >= 0.6 is 0 Å². The molecule has 0 radical (unpaired) electrons. The Kier molecular flexibility index (Phi) is 7.33. The lowest BCUT2D eigenvalue weighted by Crippen LogP contribution is -2.22. The smallest absolute Gasteiger partial charge is 0.0720 e. The van der Waals surface area contributed by atoms with Gasteiger partial charge in [0.05, 0.1) is 12.1 Å². The van der Waals surface area contributed by atoms with Gasteiger partial charge < -0.3 is 10.2 Å². The van der Waals surface area contributed by atoms with Crippen molar-refractivity contribution in [1.82, 2.24) is 10.2 Å². The highest BCUT2D eigenvalue weighted by atomic mass is 15.1. The molecular weight excluding hydrogens is 520 g/mol. The van der Waals surface area contributed by atoms with Gasteiger partial charge >= 0.3 is 0 Å². The molecule has 2 aliphatic heterocycles. The number of rotatable bonds is 6. The second kappa shape index (κ2) is 11.9. The molecule has 1 N–H and O–H groups in total. The molecule has 7 rings (SSSR count). The number of likely N-dealkylation sites (N-methyl/N-ethyl adjacent to an activating group) is 1. The molecule has 0 fully saturated rings. The van der Waals surface area contributed by atoms with Crippen LogP contribution in [0.3, 0.4) is 0 Å². The zero-order valence-electron chi connectivity index (χ0n) is 24.3. The number of benzene rings is 5. The van der Waals surface area contributed by atoms with E-state index < -0.39 is 0 Å². The first-order valence-electron chi connectivity index (χ1n) is 14.9. The summed E-state index contributed by atoms with van der Waals surface area (Å²) < 4.78 is 0. The Morgan fingerprint density at radius 3 is 1.60 bits per heavy atom. The zero-order chi connectivity index (χ0) is 29.0. The largest absolute Gasteiger partial charge is 0.374 e. The van der Waals surface area contributed by atoms with Crippen LogP contribution in [-0.2, 0) is 0 Å². The molecule has 2 nitrogen and oxygen atoms in total. The third kappa shape index (κ3) is 5.73. The summed E-state index contributed by atoms with van der Waals surface area (Å²) in [6.45, 7) is 0. The topological polar surface area (TPSA) is 15.3 Å². The quantitative estimate of drug-likeness (QED) is 0.225. The van der Waals surface area contributed by atoms with E-state index in [1.165, 1.54) is 50.1 Å². The number of hydrogen-bond donors (Lipinski definition) is 1. The van der Waals surface area contributed by atoms with E-state index in [9.17, 15) is 0 Å². The minimum Gasteiger partial charge on any atom is -0.374 e. The Morgan fingerprint density at radius 1 is 0.512 bits per heavy atom. The van der Waals surface area contributed by atoms with Gasteiger partial charge in [-0.3, -0.25) is 0 Å². The Hall–Kier alpha value is -5.34. The van der Waals surface area contributed by atoms with E-state index in [0.717, 1.165) is 5.70 Å². The number of nitrogens with zero attached hydrogens (tertiary/aromatic N) is 1. The second-order valence-electron chi connectivity index (χ2n) is 11.2. The molecule has 5 aromatic rings. The fraction of sp³-hybridized carbons (Fsp3) is 0.0732. The van der Waals surface area contributed by atoms with Crippen molar-refractivity contribution in [2.24, 2.45) is 0 Å². The molecule has 0 aliphatic carbocycles. The summed E-state index contributed by atoms with van der Waals surface area (Å²) in [6, 6.07) is 48.3. The van der Waals surface area contributed by atoms with Crippen LogP contribution in [0, 0.1) is 0 Å². The highest BCUT2D eigenvalue weighted by Crippen LogP contribution is 2.34. The summed E-state index contributed by atoms with van der Waals surface area (Å²) in [5.41, 5.74) is 12.2. The first kappa shape index (κ1) is 26.6. The Labute approximate surface area is 254 Å². The van der Waals surface area contributed by atoms with Gasteiger partial charge in [0.2, 0.25) is 0 Å². The van der Waals surface area contributed by atoms with Crippen LogP contribution in [-0.4, -0.2) is 11.9 Å². The predicted octanol–water partition coefficient (Wildman–Crippen LogP) is 9.85. The molecule has 0 spiro atoms. The molecule has 0 bridgehead atoms. The van der Waals surface area contributed by atoms with Gasteiger partial charge in [-0.05, 0) is 74.5 Å². The molecule has 0 amide bonds. The number of hydrogen-bond acceptors (Lipinski definition) is 2. The van der Waals surface area contributed by atoms with E-state index in [2.05, 4.69) is 187 Å². The molecule has 5 aromatic carbocycles. The summed E-state index contributed by atoms with van der Waals surface area (Å²) in [6.07, 6.45) is 13.2. The average molecular weight is 555 g/mol. The van der Waals surface area contributed by atoms with E-state index in [4.69, 9.17) is 0 Å². The van der Waals surface area contributed by atoms with Crippen LogP contribution in [0.1, 0.15) is 34.3 Å². The van der Waals surface area contributed by atoms with E-state index in [1.54, 1.807) is 0 Å².